The van der Waals surface area contributed by atoms with E-state index >= 15 is 0 Å². The molecule has 0 spiro atoms. The summed E-state index contributed by atoms with van der Waals surface area (Å²) < 4.78 is 95.1. The summed E-state index contributed by atoms with van der Waals surface area (Å²) in [5, 5.41) is 0. The molecule has 0 fully saturated rings. The Morgan fingerprint density at radius 3 is 2.07 bits per heavy atom. The van der Waals surface area contributed by atoms with E-state index in [-0.39, 0.29) is 3.57 Å². The summed E-state index contributed by atoms with van der Waals surface area (Å²) in [7, 11) is 1.46. The Labute approximate surface area is 181 Å². The van der Waals surface area contributed by atoms with Crippen molar-refractivity contribution in [3.8, 4) is 5.75 Å². The normalized spacial score (nSPS) is 12.8. The minimum atomic E-state index is -5.61. The van der Waals surface area contributed by atoms with Crippen LogP contribution in [0.5, 0.6) is 5.75 Å². The van der Waals surface area contributed by atoms with Gasteiger partial charge in [-0.05, 0) is 0 Å². The summed E-state index contributed by atoms with van der Waals surface area (Å²) in [6.07, 6.45) is -10.1. The van der Waals surface area contributed by atoms with Crippen LogP contribution < -0.4 is 25.9 Å². The third-order valence-electron chi connectivity index (χ3n) is 4.36. The maximum atomic E-state index is 14.1. The molecule has 0 atom stereocenters. The number of hydrogen-bond acceptors (Lipinski definition) is 2. The Kier molecular flexibility index (Phi) is 7.84. The van der Waals surface area contributed by atoms with Crippen LogP contribution in [-0.2, 0) is 10.2 Å². The van der Waals surface area contributed by atoms with Crippen molar-refractivity contribution < 1.29 is 57.0 Å². The molecule has 2 aromatic rings. The summed E-state index contributed by atoms with van der Waals surface area (Å²) in [4.78, 5) is 0. The molecule has 0 radical (unpaired) electrons. The van der Waals surface area contributed by atoms with Crippen molar-refractivity contribution >= 4 is 0 Å². The van der Waals surface area contributed by atoms with E-state index in [0.29, 0.717) is 14.9 Å². The van der Waals surface area contributed by atoms with Crippen molar-refractivity contribution in [3.05, 3.63) is 73.4 Å². The fourth-order valence-electron chi connectivity index (χ4n) is 2.80. The van der Waals surface area contributed by atoms with Crippen LogP contribution in [0.1, 0.15) is 11.1 Å². The van der Waals surface area contributed by atoms with Crippen molar-refractivity contribution in [2.24, 2.45) is 0 Å². The topological polar surface area (TPSA) is 18.5 Å². The van der Waals surface area contributed by atoms with E-state index in [1.54, 1.807) is 24.3 Å². The van der Waals surface area contributed by atoms with Gasteiger partial charge < -0.3 is 0 Å². The van der Waals surface area contributed by atoms with Gasteiger partial charge in [0.25, 0.3) is 0 Å². The second-order valence-corrected chi connectivity index (χ2v) is 9.39. The zero-order valence-electron chi connectivity index (χ0n) is 16.2. The molecule has 2 rings (SSSR count). The molecule has 166 valence electrons. The van der Waals surface area contributed by atoms with Gasteiger partial charge in [-0.1, -0.05) is 0 Å². The number of benzene rings is 2. The fraction of sp³-hybridized carbons (Fsp3) is 0.333. The van der Waals surface area contributed by atoms with Gasteiger partial charge in [-0.2, -0.15) is 0 Å². The van der Waals surface area contributed by atoms with Crippen LogP contribution in [0.25, 0.3) is 0 Å². The standard InChI is InChI=1S/C21H20F6IO2/c1-4-11-30-13-19(20(22,23)24,21(25,26)27)17-12-14(2)5-10-18(17)28-15-6-8-16(29-3)9-7-15/h4-10,12H,1,11,13H2,2-3H3/q-1. The first-order valence-corrected chi connectivity index (χ1v) is 10.8. The number of ether oxygens (including phenoxy) is 2. The van der Waals surface area contributed by atoms with Crippen molar-refractivity contribution in [1.82, 2.24) is 0 Å². The molecule has 0 aliphatic rings. The monoisotopic (exact) mass is 545 g/mol. The summed E-state index contributed by atoms with van der Waals surface area (Å²) in [6.45, 7) is 2.74. The Balaban J connectivity index is 2.66. The summed E-state index contributed by atoms with van der Waals surface area (Å²) in [5.41, 5.74) is -4.65. The molecule has 0 unspecified atom stereocenters. The summed E-state index contributed by atoms with van der Waals surface area (Å²) in [6, 6.07) is 10.4. The zero-order chi connectivity index (χ0) is 22.6. The van der Waals surface area contributed by atoms with Crippen molar-refractivity contribution in [2.45, 2.75) is 24.7 Å². The first-order valence-electron chi connectivity index (χ1n) is 8.68. The molecule has 0 heterocycles. The molecule has 0 amide bonds. The van der Waals surface area contributed by atoms with Gasteiger partial charge in [-0.3, -0.25) is 0 Å². The molecule has 0 bridgehead atoms. The predicted octanol–water partition coefficient (Wildman–Crippen LogP) is 2.70. The average Bonchev–Trinajstić information content (AvgIpc) is 2.65. The summed E-state index contributed by atoms with van der Waals surface area (Å²) in [5.74, 6) is 0.546. The minimum absolute atomic E-state index is 0.0291. The summed E-state index contributed by atoms with van der Waals surface area (Å²) >= 11 is -1.34. The van der Waals surface area contributed by atoms with Crippen LogP contribution in [0.3, 0.4) is 0 Å². The van der Waals surface area contributed by atoms with Crippen molar-refractivity contribution in [3.63, 3.8) is 0 Å². The first kappa shape index (κ1) is 24.5. The molecule has 0 saturated heterocycles. The van der Waals surface area contributed by atoms with Crippen LogP contribution in [0.2, 0.25) is 0 Å². The van der Waals surface area contributed by atoms with E-state index in [2.05, 4.69) is 6.58 Å². The van der Waals surface area contributed by atoms with Gasteiger partial charge in [0, 0.05) is 0 Å². The first-order chi connectivity index (χ1) is 14.0. The number of hydrogen-bond donors (Lipinski definition) is 0. The van der Waals surface area contributed by atoms with Gasteiger partial charge in [0.05, 0.1) is 0 Å². The molecule has 0 aliphatic heterocycles. The van der Waals surface area contributed by atoms with Crippen molar-refractivity contribution in [2.75, 3.05) is 20.3 Å². The number of methoxy groups -OCH3 is 1. The Morgan fingerprint density at radius 2 is 1.57 bits per heavy atom. The molecule has 0 saturated carbocycles. The van der Waals surface area contributed by atoms with E-state index in [4.69, 9.17) is 9.47 Å². The van der Waals surface area contributed by atoms with E-state index in [0.717, 1.165) is 12.1 Å². The van der Waals surface area contributed by atoms with Crippen LogP contribution in [0.15, 0.2) is 55.1 Å². The quantitative estimate of drug-likeness (QED) is 0.220. The fourth-order valence-corrected chi connectivity index (χ4v) is 5.46. The molecule has 30 heavy (non-hydrogen) atoms. The predicted molar refractivity (Wildman–Crippen MR) is 96.4 cm³/mol. The van der Waals surface area contributed by atoms with Crippen LogP contribution in [0.4, 0.5) is 26.3 Å². The van der Waals surface area contributed by atoms with E-state index in [9.17, 15) is 26.3 Å². The molecule has 0 aromatic heterocycles. The van der Waals surface area contributed by atoms with E-state index in [1.165, 1.54) is 26.2 Å². The molecule has 2 aromatic carbocycles. The number of alkyl halides is 6. The average molecular weight is 545 g/mol. The van der Waals surface area contributed by atoms with E-state index in [1.807, 2.05) is 0 Å². The van der Waals surface area contributed by atoms with Crippen LogP contribution >= 0.6 is 0 Å². The third-order valence-corrected chi connectivity index (χ3v) is 7.23. The molecule has 2 nitrogen and oxygen atoms in total. The second-order valence-electron chi connectivity index (χ2n) is 6.44. The van der Waals surface area contributed by atoms with Gasteiger partial charge in [-0.25, -0.2) is 0 Å². The SMILES string of the molecule is C=CCOCC(c1cc(C)ccc1[I-]c1ccc(OC)cc1)(C(F)(F)F)C(F)(F)F. The van der Waals surface area contributed by atoms with Crippen LogP contribution in [-0.4, -0.2) is 32.7 Å². The number of halogens is 7. The molecule has 0 N–H and O–H groups in total. The van der Waals surface area contributed by atoms with Gasteiger partial charge in [-0.15, -0.1) is 0 Å². The Morgan fingerprint density at radius 1 is 0.967 bits per heavy atom. The third kappa shape index (κ3) is 5.11. The number of rotatable bonds is 8. The van der Waals surface area contributed by atoms with Crippen LogP contribution in [0, 0.1) is 14.1 Å². The zero-order valence-corrected chi connectivity index (χ0v) is 18.4. The maximum absolute atomic E-state index is 14.1. The Bertz CT molecular complexity index is 845. The van der Waals surface area contributed by atoms with Gasteiger partial charge >= 0.3 is 181 Å². The molecule has 9 heteroatoms. The number of aryl methyl sites for hydroxylation is 1. The Hall–Kier alpha value is -1.75. The molecular formula is C21H20F6IO2-. The van der Waals surface area contributed by atoms with Crippen molar-refractivity contribution in [1.29, 1.82) is 0 Å². The van der Waals surface area contributed by atoms with Gasteiger partial charge in [0.1, 0.15) is 0 Å². The van der Waals surface area contributed by atoms with Gasteiger partial charge in [0.15, 0.2) is 0 Å². The molecular weight excluding hydrogens is 525 g/mol. The molecule has 0 aliphatic carbocycles. The van der Waals surface area contributed by atoms with E-state index < -0.39 is 57.7 Å². The van der Waals surface area contributed by atoms with Gasteiger partial charge in [0.2, 0.25) is 0 Å². The second kappa shape index (κ2) is 9.59.